The van der Waals surface area contributed by atoms with E-state index in [9.17, 15) is 18.0 Å². The lowest BCUT2D eigenvalue weighted by atomic mass is 9.96. The number of carbonyl (C=O) groups is 2. The Morgan fingerprint density at radius 3 is 2.47 bits per heavy atom. The highest BCUT2D eigenvalue weighted by Gasteiger charge is 2.36. The predicted molar refractivity (Wildman–Crippen MR) is 110 cm³/mol. The summed E-state index contributed by atoms with van der Waals surface area (Å²) in [6.07, 6.45) is 0. The summed E-state index contributed by atoms with van der Waals surface area (Å²) in [5.41, 5.74) is 0.511. The smallest absolute Gasteiger partial charge is 0.338 e. The van der Waals surface area contributed by atoms with Gasteiger partial charge in [0.1, 0.15) is 10.6 Å². The molecule has 30 heavy (non-hydrogen) atoms. The van der Waals surface area contributed by atoms with Crippen LogP contribution >= 0.6 is 11.6 Å². The molecule has 3 rings (SSSR count). The maximum atomic E-state index is 13.1. The Bertz CT molecular complexity index is 1120. The van der Waals surface area contributed by atoms with E-state index < -0.39 is 33.6 Å². The number of sulfone groups is 1. The Morgan fingerprint density at radius 2 is 1.83 bits per heavy atom. The van der Waals surface area contributed by atoms with Crippen molar-refractivity contribution >= 4 is 33.4 Å². The van der Waals surface area contributed by atoms with Crippen molar-refractivity contribution in [2.75, 3.05) is 20.0 Å². The van der Waals surface area contributed by atoms with Crippen LogP contribution in [0.1, 0.15) is 11.6 Å². The normalized spacial score (nSPS) is 16.5. The minimum atomic E-state index is -4.05. The molecule has 1 heterocycles. The summed E-state index contributed by atoms with van der Waals surface area (Å²) in [6, 6.07) is 11.4. The van der Waals surface area contributed by atoms with Gasteiger partial charge in [-0.3, -0.25) is 0 Å². The van der Waals surface area contributed by atoms with Crippen LogP contribution in [0.3, 0.4) is 0 Å². The zero-order valence-corrected chi connectivity index (χ0v) is 17.7. The Kier molecular flexibility index (Phi) is 6.33. The van der Waals surface area contributed by atoms with E-state index in [0.29, 0.717) is 5.56 Å². The molecular formula is C20H19ClN2O6S. The van der Waals surface area contributed by atoms with Crippen molar-refractivity contribution in [1.82, 2.24) is 10.6 Å². The maximum absolute atomic E-state index is 13.1. The summed E-state index contributed by atoms with van der Waals surface area (Å²) in [7, 11) is -1.53. The molecule has 0 saturated carbocycles. The van der Waals surface area contributed by atoms with E-state index in [2.05, 4.69) is 10.6 Å². The number of esters is 1. The molecule has 2 aromatic rings. The second-order valence-electron chi connectivity index (χ2n) is 6.38. The zero-order valence-electron chi connectivity index (χ0n) is 16.1. The third-order valence-corrected chi connectivity index (χ3v) is 6.38. The molecule has 158 valence electrons. The van der Waals surface area contributed by atoms with Crippen LogP contribution in [0, 0.1) is 0 Å². The van der Waals surface area contributed by atoms with E-state index in [4.69, 9.17) is 21.1 Å². The Hall–Kier alpha value is -3.04. The number of hydrogen-bond acceptors (Lipinski definition) is 6. The van der Waals surface area contributed by atoms with Gasteiger partial charge in [-0.25, -0.2) is 18.0 Å². The Balaban J connectivity index is 2.13. The molecule has 0 spiro atoms. The third kappa shape index (κ3) is 4.42. The van der Waals surface area contributed by atoms with Crippen LogP contribution in [0.4, 0.5) is 4.79 Å². The standard InChI is InChI=1S/C20H19ClN2O6S/c1-28-15-9-8-13(21)10-16(15)30(26,27)11-14-17(19(24)29-2)18(23-20(25)22-14)12-6-4-3-5-7-12/h3-10,18H,11H2,1-2H3,(H2,22,23,25)/t18-/m0/s1. The number of methoxy groups -OCH3 is 2. The summed E-state index contributed by atoms with van der Waals surface area (Å²) >= 11 is 5.96. The van der Waals surface area contributed by atoms with Crippen LogP contribution in [-0.2, 0) is 19.4 Å². The van der Waals surface area contributed by atoms with Gasteiger partial charge in [0.05, 0.1) is 31.6 Å². The number of halogens is 1. The molecule has 0 aliphatic carbocycles. The first-order valence-electron chi connectivity index (χ1n) is 8.77. The number of hydrogen-bond donors (Lipinski definition) is 2. The van der Waals surface area contributed by atoms with Crippen LogP contribution in [0.25, 0.3) is 0 Å². The molecule has 1 aliphatic heterocycles. The first-order valence-corrected chi connectivity index (χ1v) is 10.8. The average Bonchev–Trinajstić information content (AvgIpc) is 2.73. The predicted octanol–water partition coefficient (Wildman–Crippen LogP) is 2.60. The monoisotopic (exact) mass is 450 g/mol. The summed E-state index contributed by atoms with van der Waals surface area (Å²) < 4.78 is 36.3. The summed E-state index contributed by atoms with van der Waals surface area (Å²) in [4.78, 5) is 24.7. The highest BCUT2D eigenvalue weighted by molar-refractivity contribution is 7.91. The molecule has 0 unspecified atom stereocenters. The van der Waals surface area contributed by atoms with Crippen molar-refractivity contribution in [3.63, 3.8) is 0 Å². The van der Waals surface area contributed by atoms with Gasteiger partial charge in [-0.15, -0.1) is 0 Å². The SMILES string of the molecule is COC(=O)C1=C(CS(=O)(=O)c2cc(Cl)ccc2OC)NC(=O)N[C@H]1c1ccccc1. The molecule has 1 atom stereocenters. The number of urea groups is 1. The van der Waals surface area contributed by atoms with Gasteiger partial charge in [0.25, 0.3) is 0 Å². The molecule has 2 N–H and O–H groups in total. The number of rotatable bonds is 6. The quantitative estimate of drug-likeness (QED) is 0.654. The van der Waals surface area contributed by atoms with E-state index in [1.54, 1.807) is 30.3 Å². The van der Waals surface area contributed by atoms with E-state index in [1.165, 1.54) is 32.4 Å². The van der Waals surface area contributed by atoms with E-state index >= 15 is 0 Å². The van der Waals surface area contributed by atoms with Crippen LogP contribution in [0.2, 0.25) is 5.02 Å². The molecule has 2 amide bonds. The molecule has 0 bridgehead atoms. The molecule has 0 fully saturated rings. The van der Waals surface area contributed by atoms with Gasteiger partial charge >= 0.3 is 12.0 Å². The van der Waals surface area contributed by atoms with Gasteiger partial charge in [0.2, 0.25) is 0 Å². The molecular weight excluding hydrogens is 432 g/mol. The van der Waals surface area contributed by atoms with Crippen molar-refractivity contribution in [1.29, 1.82) is 0 Å². The molecule has 1 aliphatic rings. The lowest BCUT2D eigenvalue weighted by Crippen LogP contribution is -2.47. The summed E-state index contributed by atoms with van der Waals surface area (Å²) in [5.74, 6) is -1.33. The lowest BCUT2D eigenvalue weighted by Gasteiger charge is -2.29. The fraction of sp³-hybridized carbons (Fsp3) is 0.200. The second-order valence-corrected chi connectivity index (χ2v) is 8.77. The fourth-order valence-corrected chi connectivity index (χ4v) is 4.90. The number of carbonyl (C=O) groups excluding carboxylic acids is 2. The van der Waals surface area contributed by atoms with Crippen molar-refractivity contribution < 1.29 is 27.5 Å². The zero-order chi connectivity index (χ0) is 21.9. The largest absolute Gasteiger partial charge is 0.495 e. The van der Waals surface area contributed by atoms with Crippen molar-refractivity contribution in [3.05, 3.63) is 70.4 Å². The topological polar surface area (TPSA) is 111 Å². The molecule has 8 nitrogen and oxygen atoms in total. The third-order valence-electron chi connectivity index (χ3n) is 4.49. The van der Waals surface area contributed by atoms with Crippen LogP contribution < -0.4 is 15.4 Å². The first kappa shape index (κ1) is 21.7. The highest BCUT2D eigenvalue weighted by atomic mass is 35.5. The van der Waals surface area contributed by atoms with Crippen LogP contribution in [0.5, 0.6) is 5.75 Å². The number of nitrogens with one attached hydrogen (secondary N) is 2. The van der Waals surface area contributed by atoms with Gasteiger partial charge in [-0.05, 0) is 23.8 Å². The summed E-state index contributed by atoms with van der Waals surface area (Å²) in [6.45, 7) is 0. The van der Waals surface area contributed by atoms with Gasteiger partial charge in [0.15, 0.2) is 9.84 Å². The van der Waals surface area contributed by atoms with Crippen molar-refractivity contribution in [2.24, 2.45) is 0 Å². The second kappa shape index (κ2) is 8.76. The van der Waals surface area contributed by atoms with Crippen LogP contribution in [-0.4, -0.2) is 40.4 Å². The lowest BCUT2D eigenvalue weighted by molar-refractivity contribution is -0.136. The molecule has 10 heteroatoms. The van der Waals surface area contributed by atoms with E-state index in [1.807, 2.05) is 0 Å². The maximum Gasteiger partial charge on any atom is 0.338 e. The first-order chi connectivity index (χ1) is 14.3. The molecule has 2 aromatic carbocycles. The number of ether oxygens (including phenoxy) is 2. The van der Waals surface area contributed by atoms with Crippen molar-refractivity contribution in [2.45, 2.75) is 10.9 Å². The number of amides is 2. The van der Waals surface area contributed by atoms with Gasteiger partial charge in [-0.2, -0.15) is 0 Å². The minimum Gasteiger partial charge on any atom is -0.495 e. The summed E-state index contributed by atoms with van der Waals surface area (Å²) in [5, 5.41) is 5.27. The van der Waals surface area contributed by atoms with Gasteiger partial charge in [-0.1, -0.05) is 41.9 Å². The Morgan fingerprint density at radius 1 is 1.13 bits per heavy atom. The Labute approximate surface area is 178 Å². The highest BCUT2D eigenvalue weighted by Crippen LogP contribution is 2.32. The number of benzene rings is 2. The van der Waals surface area contributed by atoms with Gasteiger partial charge in [0, 0.05) is 10.7 Å². The van der Waals surface area contributed by atoms with Crippen LogP contribution in [0.15, 0.2) is 64.7 Å². The molecule has 0 saturated heterocycles. The average molecular weight is 451 g/mol. The minimum absolute atomic E-state index is 0.00660. The van der Waals surface area contributed by atoms with E-state index in [0.717, 1.165) is 0 Å². The van der Waals surface area contributed by atoms with Crippen molar-refractivity contribution in [3.8, 4) is 5.75 Å². The molecule has 0 aromatic heterocycles. The van der Waals surface area contributed by atoms with Gasteiger partial charge < -0.3 is 20.1 Å². The fourth-order valence-electron chi connectivity index (χ4n) is 3.14. The van der Waals surface area contributed by atoms with E-state index in [-0.39, 0.29) is 26.9 Å². The molecule has 0 radical (unpaired) electrons.